The number of anilines is 1. The number of nitrogens with one attached hydrogen (secondary N) is 1. The lowest BCUT2D eigenvalue weighted by Crippen LogP contribution is -2.30. The van der Waals surface area contributed by atoms with Gasteiger partial charge in [-0.25, -0.2) is 8.42 Å². The van der Waals surface area contributed by atoms with Crippen LogP contribution in [-0.4, -0.2) is 32.5 Å². The summed E-state index contributed by atoms with van der Waals surface area (Å²) in [6.45, 7) is 0.526. The number of hydrogen-bond acceptors (Lipinski definition) is 4. The Hall–Kier alpha value is -3.97. The molecule has 0 bridgehead atoms. The molecule has 1 atom stereocenters. The van der Waals surface area contributed by atoms with Gasteiger partial charge in [0.15, 0.2) is 15.2 Å². The third-order valence-corrected chi connectivity index (χ3v) is 8.46. The zero-order valence-electron chi connectivity index (χ0n) is 20.3. The summed E-state index contributed by atoms with van der Waals surface area (Å²) in [6, 6.07) is 29.8. The number of aryl methyl sites for hydroxylation is 1. The van der Waals surface area contributed by atoms with E-state index >= 15 is 0 Å². The van der Waals surface area contributed by atoms with Gasteiger partial charge in [0.1, 0.15) is 5.75 Å². The number of amides is 2. The molecule has 0 spiro atoms. The van der Waals surface area contributed by atoms with Gasteiger partial charge in [-0.15, -0.1) is 0 Å². The second-order valence-corrected chi connectivity index (χ2v) is 11.3. The van der Waals surface area contributed by atoms with Crippen LogP contribution in [0.2, 0.25) is 0 Å². The van der Waals surface area contributed by atoms with Gasteiger partial charge in [0, 0.05) is 17.5 Å². The first-order valence-electron chi connectivity index (χ1n) is 12.4. The number of fused-ring (bicyclic) bond motifs is 1. The predicted octanol–water partition coefficient (Wildman–Crippen LogP) is 5.05. The molecule has 1 fully saturated rings. The number of carbonyl (C=O) groups is 2. The van der Waals surface area contributed by atoms with Crippen molar-refractivity contribution in [3.63, 3.8) is 0 Å². The van der Waals surface area contributed by atoms with Gasteiger partial charge in [0.25, 0.3) is 5.91 Å². The summed E-state index contributed by atoms with van der Waals surface area (Å²) in [5.41, 5.74) is 2.58. The molecule has 1 N–H and O–H groups in total. The molecule has 0 saturated carbocycles. The summed E-state index contributed by atoms with van der Waals surface area (Å²) in [4.78, 5) is 27.2. The zero-order chi connectivity index (χ0) is 25.8. The van der Waals surface area contributed by atoms with Crippen molar-refractivity contribution < 1.29 is 18.0 Å². The summed E-state index contributed by atoms with van der Waals surface area (Å²) in [5, 5.41) is 3.45. The standard InChI is InChI=1S/C30H28N2O4S/c33-28-21-37(35,36)30(32(28)27-18-9-14-23-13-4-5-17-26(23)27)25-16-8-15-24(20-25)29(34)31-19-7-6-12-22-10-2-1-3-11-22/h1-5,8-11,13-18,20,30H,6-7,12,19,21H2,(H,31,34). The number of carbonyl (C=O) groups excluding carboxylic acids is 2. The topological polar surface area (TPSA) is 83.6 Å². The molecule has 6 nitrogen and oxygen atoms in total. The average Bonchev–Trinajstić information content (AvgIpc) is 3.16. The fourth-order valence-corrected chi connectivity index (χ4v) is 6.64. The van der Waals surface area contributed by atoms with Gasteiger partial charge < -0.3 is 5.32 Å². The van der Waals surface area contributed by atoms with E-state index in [-0.39, 0.29) is 5.91 Å². The molecule has 1 heterocycles. The van der Waals surface area contributed by atoms with E-state index in [1.807, 2.05) is 54.6 Å². The van der Waals surface area contributed by atoms with Gasteiger partial charge in [-0.1, -0.05) is 78.9 Å². The van der Waals surface area contributed by atoms with Crippen LogP contribution in [0.25, 0.3) is 10.8 Å². The van der Waals surface area contributed by atoms with E-state index in [9.17, 15) is 18.0 Å². The van der Waals surface area contributed by atoms with Crippen LogP contribution in [-0.2, 0) is 21.1 Å². The van der Waals surface area contributed by atoms with Crippen molar-refractivity contribution in [1.29, 1.82) is 0 Å². The lowest BCUT2D eigenvalue weighted by atomic mass is 10.1. The highest BCUT2D eigenvalue weighted by atomic mass is 32.2. The van der Waals surface area contributed by atoms with E-state index in [4.69, 9.17) is 0 Å². The van der Waals surface area contributed by atoms with E-state index in [2.05, 4.69) is 17.4 Å². The molecule has 1 unspecified atom stereocenters. The minimum Gasteiger partial charge on any atom is -0.352 e. The van der Waals surface area contributed by atoms with E-state index in [0.717, 1.165) is 30.0 Å². The van der Waals surface area contributed by atoms with E-state index in [1.165, 1.54) is 10.5 Å². The lowest BCUT2D eigenvalue weighted by Gasteiger charge is -2.25. The minimum absolute atomic E-state index is 0.264. The van der Waals surface area contributed by atoms with Crippen LogP contribution in [0.4, 0.5) is 5.69 Å². The molecule has 0 radical (unpaired) electrons. The van der Waals surface area contributed by atoms with Crippen LogP contribution in [0.5, 0.6) is 0 Å². The van der Waals surface area contributed by atoms with Crippen molar-refractivity contribution in [3.8, 4) is 0 Å². The van der Waals surface area contributed by atoms with Crippen molar-refractivity contribution in [3.05, 3.63) is 114 Å². The third-order valence-electron chi connectivity index (χ3n) is 6.65. The van der Waals surface area contributed by atoms with Crippen LogP contribution < -0.4 is 10.2 Å². The number of sulfone groups is 1. The van der Waals surface area contributed by atoms with Crippen LogP contribution >= 0.6 is 0 Å². The number of hydrogen-bond donors (Lipinski definition) is 1. The van der Waals surface area contributed by atoms with Gasteiger partial charge >= 0.3 is 0 Å². The molecule has 5 rings (SSSR count). The van der Waals surface area contributed by atoms with Gasteiger partial charge in [0.2, 0.25) is 5.91 Å². The molecule has 4 aromatic carbocycles. The van der Waals surface area contributed by atoms with Gasteiger partial charge in [0.05, 0.1) is 5.69 Å². The molecular weight excluding hydrogens is 484 g/mol. The Morgan fingerprint density at radius 3 is 2.43 bits per heavy atom. The zero-order valence-corrected chi connectivity index (χ0v) is 21.2. The summed E-state index contributed by atoms with van der Waals surface area (Å²) >= 11 is 0. The SMILES string of the molecule is O=C(NCCCCc1ccccc1)c1cccc(C2N(c3cccc4ccccc34)C(=O)CS2(=O)=O)c1. The molecule has 188 valence electrons. The molecule has 1 aliphatic heterocycles. The van der Waals surface area contributed by atoms with E-state index in [1.54, 1.807) is 30.3 Å². The van der Waals surface area contributed by atoms with Crippen molar-refractivity contribution >= 4 is 38.1 Å². The number of unbranched alkanes of at least 4 members (excludes halogenated alkanes) is 1. The average molecular weight is 513 g/mol. The minimum atomic E-state index is -3.80. The van der Waals surface area contributed by atoms with Crippen LogP contribution in [0.1, 0.15) is 39.7 Å². The number of nitrogens with zero attached hydrogens (tertiary/aromatic N) is 1. The maximum Gasteiger partial charge on any atom is 0.251 e. The van der Waals surface area contributed by atoms with Gasteiger partial charge in [-0.2, -0.15) is 0 Å². The second kappa shape index (κ2) is 10.6. The van der Waals surface area contributed by atoms with Crippen molar-refractivity contribution in [2.24, 2.45) is 0 Å². The maximum absolute atomic E-state index is 13.2. The molecule has 4 aromatic rings. The van der Waals surface area contributed by atoms with Crippen LogP contribution in [0.15, 0.2) is 97.1 Å². The fraction of sp³-hybridized carbons (Fsp3) is 0.200. The summed E-state index contributed by atoms with van der Waals surface area (Å²) in [7, 11) is -3.80. The highest BCUT2D eigenvalue weighted by Gasteiger charge is 2.46. The predicted molar refractivity (Wildman–Crippen MR) is 146 cm³/mol. The largest absolute Gasteiger partial charge is 0.352 e. The Balaban J connectivity index is 1.34. The Bertz CT molecular complexity index is 1550. The van der Waals surface area contributed by atoms with E-state index < -0.39 is 26.9 Å². The first-order valence-corrected chi connectivity index (χ1v) is 14.1. The molecular formula is C30H28N2O4S. The normalized spacial score (nSPS) is 16.7. The van der Waals surface area contributed by atoms with Crippen molar-refractivity contribution in [2.45, 2.75) is 24.6 Å². The second-order valence-electron chi connectivity index (χ2n) is 9.25. The Morgan fingerprint density at radius 2 is 1.59 bits per heavy atom. The third kappa shape index (κ3) is 5.27. The number of benzene rings is 4. The molecule has 0 aliphatic carbocycles. The molecule has 37 heavy (non-hydrogen) atoms. The lowest BCUT2D eigenvalue weighted by molar-refractivity contribution is -0.115. The smallest absolute Gasteiger partial charge is 0.251 e. The highest BCUT2D eigenvalue weighted by Crippen LogP contribution is 2.40. The number of rotatable bonds is 8. The van der Waals surface area contributed by atoms with Crippen LogP contribution in [0.3, 0.4) is 0 Å². The van der Waals surface area contributed by atoms with Crippen molar-refractivity contribution in [2.75, 3.05) is 17.2 Å². The fourth-order valence-electron chi connectivity index (χ4n) is 4.88. The summed E-state index contributed by atoms with van der Waals surface area (Å²) < 4.78 is 26.3. The summed E-state index contributed by atoms with van der Waals surface area (Å²) in [6.07, 6.45) is 2.73. The first-order chi connectivity index (χ1) is 17.9. The Morgan fingerprint density at radius 1 is 0.865 bits per heavy atom. The van der Waals surface area contributed by atoms with E-state index in [0.29, 0.717) is 23.4 Å². The monoisotopic (exact) mass is 512 g/mol. The summed E-state index contributed by atoms with van der Waals surface area (Å²) in [5.74, 6) is -1.31. The molecule has 1 saturated heterocycles. The Kier molecular flexibility index (Phi) is 7.06. The van der Waals surface area contributed by atoms with Crippen LogP contribution in [0, 0.1) is 0 Å². The maximum atomic E-state index is 13.2. The molecule has 1 aliphatic rings. The van der Waals surface area contributed by atoms with Crippen molar-refractivity contribution in [1.82, 2.24) is 5.32 Å². The quantitative estimate of drug-likeness (QED) is 0.335. The molecule has 0 aromatic heterocycles. The first kappa shape index (κ1) is 24.7. The van der Waals surface area contributed by atoms with Gasteiger partial charge in [-0.05, 0) is 54.0 Å². The highest BCUT2D eigenvalue weighted by molar-refractivity contribution is 7.93. The molecule has 2 amide bonds. The van der Waals surface area contributed by atoms with Gasteiger partial charge in [-0.3, -0.25) is 14.5 Å². The Labute approximate surface area is 216 Å². The molecule has 7 heteroatoms.